The van der Waals surface area contributed by atoms with E-state index in [4.69, 9.17) is 10.7 Å². The molecule has 3 N–H and O–H groups in total. The number of hydrogen-bond acceptors (Lipinski definition) is 3. The maximum Gasteiger partial charge on any atom is 0.153 e. The molecule has 3 heteroatoms. The molecule has 1 saturated carbocycles. The molecule has 0 aromatic heterocycles. The molecule has 0 radical (unpaired) electrons. The fourth-order valence-electron chi connectivity index (χ4n) is 5.52. The molecule has 0 bridgehead atoms. The van der Waals surface area contributed by atoms with Crippen LogP contribution in [0.2, 0.25) is 0 Å². The lowest BCUT2D eigenvalue weighted by atomic mass is 9.79. The van der Waals surface area contributed by atoms with Crippen molar-refractivity contribution >= 4 is 0 Å². The van der Waals surface area contributed by atoms with Crippen LogP contribution >= 0.6 is 0 Å². The Morgan fingerprint density at radius 3 is 1.71 bits per heavy atom. The van der Waals surface area contributed by atoms with Crippen molar-refractivity contribution in [3.8, 4) is 5.75 Å². The van der Waals surface area contributed by atoms with Crippen molar-refractivity contribution in [1.29, 1.82) is 0 Å². The molecule has 0 amide bonds. The number of nitrogens with two attached hydrogens (primary N) is 1. The maximum absolute atomic E-state index is 12.2. The van der Waals surface area contributed by atoms with E-state index < -0.39 is 5.60 Å². The van der Waals surface area contributed by atoms with Crippen molar-refractivity contribution < 1.29 is 9.94 Å². The van der Waals surface area contributed by atoms with Gasteiger partial charge in [0, 0.05) is 5.56 Å². The van der Waals surface area contributed by atoms with Crippen molar-refractivity contribution in [1.82, 2.24) is 0 Å². The van der Waals surface area contributed by atoms with Gasteiger partial charge in [-0.05, 0) is 41.5 Å². The third-order valence-electron chi connectivity index (χ3n) is 7.50. The predicted molar refractivity (Wildman–Crippen MR) is 140 cm³/mol. The zero-order valence-electron chi connectivity index (χ0n) is 20.3. The van der Waals surface area contributed by atoms with Crippen LogP contribution in [0.1, 0.15) is 98.8 Å². The highest BCUT2D eigenvalue weighted by molar-refractivity contribution is 5.52. The summed E-state index contributed by atoms with van der Waals surface area (Å²) in [5.41, 5.74) is 2.28. The Labute approximate surface area is 204 Å². The van der Waals surface area contributed by atoms with Crippen LogP contribution in [0, 0.1) is 0 Å². The van der Waals surface area contributed by atoms with Gasteiger partial charge in [-0.15, -0.1) is 0 Å². The number of rotatable bonds is 5. The average Bonchev–Trinajstić information content (AvgIpc) is 2.89. The summed E-state index contributed by atoms with van der Waals surface area (Å²) in [6, 6.07) is 25.9. The van der Waals surface area contributed by atoms with Crippen molar-refractivity contribution in [3.05, 3.63) is 101 Å². The van der Waals surface area contributed by atoms with Gasteiger partial charge >= 0.3 is 0 Å². The quantitative estimate of drug-likeness (QED) is 0.306. The Morgan fingerprint density at radius 1 is 0.618 bits per heavy atom. The zero-order valence-corrected chi connectivity index (χ0v) is 20.3. The molecule has 0 heterocycles. The van der Waals surface area contributed by atoms with E-state index in [0.29, 0.717) is 17.2 Å². The Bertz CT molecular complexity index is 989. The lowest BCUT2D eigenvalue weighted by Gasteiger charge is -2.31. The Balaban J connectivity index is 1.65. The Morgan fingerprint density at radius 2 is 1.12 bits per heavy atom. The first-order chi connectivity index (χ1) is 16.7. The summed E-state index contributed by atoms with van der Waals surface area (Å²) in [4.78, 5) is 5.16. The van der Waals surface area contributed by atoms with E-state index in [1.807, 2.05) is 48.5 Å². The van der Waals surface area contributed by atoms with Crippen LogP contribution in [0.25, 0.3) is 0 Å². The van der Waals surface area contributed by atoms with Crippen LogP contribution in [0.5, 0.6) is 5.75 Å². The molecule has 3 aromatic carbocycles. The third kappa shape index (κ3) is 5.71. The number of aliphatic hydroxyl groups is 1. The van der Waals surface area contributed by atoms with E-state index in [0.717, 1.165) is 11.1 Å². The highest BCUT2D eigenvalue weighted by atomic mass is 16.6. The van der Waals surface area contributed by atoms with Gasteiger partial charge in [0.15, 0.2) is 5.75 Å². The Hall–Kier alpha value is -2.62. The topological polar surface area (TPSA) is 55.5 Å². The minimum absolute atomic E-state index is 0.470. The highest BCUT2D eigenvalue weighted by Gasteiger charge is 2.36. The first-order valence-electron chi connectivity index (χ1n) is 13.1. The second kappa shape index (κ2) is 12.2. The van der Waals surface area contributed by atoms with Gasteiger partial charge < -0.3 is 9.94 Å². The van der Waals surface area contributed by atoms with E-state index in [2.05, 4.69) is 24.3 Å². The van der Waals surface area contributed by atoms with Gasteiger partial charge in [0.1, 0.15) is 5.60 Å². The molecular formula is C31H39NO2. The monoisotopic (exact) mass is 457 g/mol. The number of para-hydroxylation sites is 1. The number of hydrogen-bond donors (Lipinski definition) is 2. The molecule has 3 aromatic rings. The van der Waals surface area contributed by atoms with E-state index in [1.54, 1.807) is 6.07 Å². The lowest BCUT2D eigenvalue weighted by Crippen LogP contribution is -2.30. The normalized spacial score (nSPS) is 18.3. The van der Waals surface area contributed by atoms with Gasteiger partial charge in [0.2, 0.25) is 0 Å². The molecular weight excluding hydrogens is 418 g/mol. The standard InChI is InChI=1S/C31H39NO2/c32-34-30-20-14-13-19-29(30)31(33,27-17-11-8-12-18-27)28-23-21-26(22-24-28)25-15-9-6-4-2-1-3-5-7-10-16-25/h8,11-14,17-25,33H,1-7,9-10,15-16,32H2. The third-order valence-corrected chi connectivity index (χ3v) is 7.50. The second-order valence-corrected chi connectivity index (χ2v) is 9.77. The van der Waals surface area contributed by atoms with Gasteiger partial charge in [-0.2, -0.15) is 5.90 Å². The summed E-state index contributed by atoms with van der Waals surface area (Å²) in [5, 5.41) is 12.2. The molecule has 180 valence electrons. The first kappa shape index (κ1) is 24.5. The average molecular weight is 458 g/mol. The van der Waals surface area contributed by atoms with E-state index >= 15 is 0 Å². The molecule has 0 saturated heterocycles. The van der Waals surface area contributed by atoms with E-state index in [-0.39, 0.29) is 0 Å². The molecule has 0 spiro atoms. The summed E-state index contributed by atoms with van der Waals surface area (Å²) < 4.78 is 0. The summed E-state index contributed by atoms with van der Waals surface area (Å²) >= 11 is 0. The minimum Gasteiger partial charge on any atom is -0.411 e. The van der Waals surface area contributed by atoms with Crippen molar-refractivity contribution in [2.45, 2.75) is 82.1 Å². The van der Waals surface area contributed by atoms with Crippen LogP contribution in [0.4, 0.5) is 0 Å². The summed E-state index contributed by atoms with van der Waals surface area (Å²) in [6.07, 6.45) is 14.8. The molecule has 34 heavy (non-hydrogen) atoms. The molecule has 0 aliphatic heterocycles. The smallest absolute Gasteiger partial charge is 0.153 e. The van der Waals surface area contributed by atoms with Crippen molar-refractivity contribution in [2.75, 3.05) is 0 Å². The molecule has 1 aliphatic carbocycles. The molecule has 1 aliphatic rings. The first-order valence-corrected chi connectivity index (χ1v) is 13.1. The molecule has 1 unspecified atom stereocenters. The predicted octanol–water partition coefficient (Wildman–Crippen LogP) is 7.61. The lowest BCUT2D eigenvalue weighted by molar-refractivity contribution is 0.120. The largest absolute Gasteiger partial charge is 0.411 e. The minimum atomic E-state index is -1.36. The van der Waals surface area contributed by atoms with E-state index in [1.165, 1.54) is 76.2 Å². The number of benzene rings is 3. The van der Waals surface area contributed by atoms with Gasteiger partial charge in [-0.3, -0.25) is 0 Å². The highest BCUT2D eigenvalue weighted by Crippen LogP contribution is 2.41. The van der Waals surface area contributed by atoms with Crippen LogP contribution in [-0.4, -0.2) is 5.11 Å². The van der Waals surface area contributed by atoms with Crippen molar-refractivity contribution in [2.24, 2.45) is 5.90 Å². The summed E-state index contributed by atoms with van der Waals surface area (Å²) in [5.74, 6) is 6.65. The Kier molecular flexibility index (Phi) is 8.79. The van der Waals surface area contributed by atoms with Gasteiger partial charge in [0.05, 0.1) is 0 Å². The fraction of sp³-hybridized carbons (Fsp3) is 0.419. The fourth-order valence-corrected chi connectivity index (χ4v) is 5.52. The summed E-state index contributed by atoms with van der Waals surface area (Å²) in [7, 11) is 0. The zero-order chi connectivity index (χ0) is 23.6. The van der Waals surface area contributed by atoms with Crippen LogP contribution in [-0.2, 0) is 5.60 Å². The van der Waals surface area contributed by atoms with Crippen LogP contribution < -0.4 is 10.7 Å². The van der Waals surface area contributed by atoms with Crippen LogP contribution in [0.3, 0.4) is 0 Å². The molecule has 1 atom stereocenters. The SMILES string of the molecule is NOc1ccccc1C(O)(c1ccccc1)c1ccc(C2CCCCCCCCCCC2)cc1. The molecule has 3 nitrogen and oxygen atoms in total. The van der Waals surface area contributed by atoms with Gasteiger partial charge in [-0.1, -0.05) is 131 Å². The maximum atomic E-state index is 12.2. The summed E-state index contributed by atoms with van der Waals surface area (Å²) in [6.45, 7) is 0. The van der Waals surface area contributed by atoms with E-state index in [9.17, 15) is 5.11 Å². The van der Waals surface area contributed by atoms with Gasteiger partial charge in [0.25, 0.3) is 0 Å². The molecule has 4 rings (SSSR count). The molecule has 1 fully saturated rings. The van der Waals surface area contributed by atoms with Crippen LogP contribution in [0.15, 0.2) is 78.9 Å². The van der Waals surface area contributed by atoms with Gasteiger partial charge in [-0.25, -0.2) is 0 Å². The second-order valence-electron chi connectivity index (χ2n) is 9.77. The van der Waals surface area contributed by atoms with Crippen molar-refractivity contribution in [3.63, 3.8) is 0 Å².